The second kappa shape index (κ2) is 5.32. The maximum atomic E-state index is 3.13. The fourth-order valence-electron chi connectivity index (χ4n) is 1.25. The quantitative estimate of drug-likeness (QED) is 0.784. The summed E-state index contributed by atoms with van der Waals surface area (Å²) in [4.78, 5) is 2.04. The van der Waals surface area contributed by atoms with Crippen LogP contribution in [0.4, 0.5) is 5.69 Å². The van der Waals surface area contributed by atoms with E-state index in [2.05, 4.69) is 41.9 Å². The molecule has 0 bridgehead atoms. The molecule has 2 nitrogen and oxygen atoms in total. The highest BCUT2D eigenvalue weighted by atomic mass is 15.0. The normalized spacial score (nSPS) is 10.5. The second-order valence-corrected chi connectivity index (χ2v) is 3.50. The molecule has 14 heavy (non-hydrogen) atoms. The minimum absolute atomic E-state index is 0.980. The molecule has 0 saturated heterocycles. The van der Waals surface area contributed by atoms with E-state index in [4.69, 9.17) is 0 Å². The number of nitrogens with one attached hydrogen (secondary N) is 1. The van der Waals surface area contributed by atoms with Gasteiger partial charge in [0.2, 0.25) is 0 Å². The van der Waals surface area contributed by atoms with Crippen molar-refractivity contribution in [3.8, 4) is 0 Å². The number of hydrogen-bond acceptors (Lipinski definition) is 2. The van der Waals surface area contributed by atoms with Crippen molar-refractivity contribution in [3.63, 3.8) is 0 Å². The lowest BCUT2D eigenvalue weighted by molar-refractivity contribution is 0.562. The van der Waals surface area contributed by atoms with Crippen molar-refractivity contribution in [3.05, 3.63) is 42.1 Å². The molecule has 0 amide bonds. The fraction of sp³-hybridized carbons (Fsp3) is 0.333. The van der Waals surface area contributed by atoms with Gasteiger partial charge in [-0.1, -0.05) is 18.2 Å². The number of hydrogen-bond donors (Lipinski definition) is 1. The van der Waals surface area contributed by atoms with Crippen LogP contribution in [-0.2, 0) is 6.42 Å². The first-order valence-corrected chi connectivity index (χ1v) is 4.82. The van der Waals surface area contributed by atoms with Crippen LogP contribution in [0.5, 0.6) is 0 Å². The van der Waals surface area contributed by atoms with E-state index in [1.165, 1.54) is 11.3 Å². The third-order valence-corrected chi connectivity index (χ3v) is 1.97. The molecule has 0 spiro atoms. The van der Waals surface area contributed by atoms with Crippen LogP contribution in [0.1, 0.15) is 5.56 Å². The Balaban J connectivity index is 2.58. The van der Waals surface area contributed by atoms with Gasteiger partial charge < -0.3 is 10.2 Å². The van der Waals surface area contributed by atoms with Crippen molar-refractivity contribution >= 4 is 5.69 Å². The summed E-state index contributed by atoms with van der Waals surface area (Å²) in [5.41, 5.74) is 2.50. The zero-order chi connectivity index (χ0) is 10.4. The average Bonchev–Trinajstić information content (AvgIpc) is 2.18. The molecule has 1 rings (SSSR count). The van der Waals surface area contributed by atoms with Crippen molar-refractivity contribution < 1.29 is 0 Å². The third kappa shape index (κ3) is 3.52. The Kier molecular flexibility index (Phi) is 4.05. The van der Waals surface area contributed by atoms with Crippen LogP contribution in [0.3, 0.4) is 0 Å². The molecule has 2 heteroatoms. The summed E-state index contributed by atoms with van der Waals surface area (Å²) in [6.07, 6.45) is 5.22. The lowest BCUT2D eigenvalue weighted by Crippen LogP contribution is -2.00. The van der Waals surface area contributed by atoms with E-state index < -0.39 is 0 Å². The number of rotatable bonds is 4. The minimum atomic E-state index is 0.980. The Bertz CT molecular complexity index is 303. The molecule has 0 unspecified atom stereocenters. The third-order valence-electron chi connectivity index (χ3n) is 1.97. The summed E-state index contributed by atoms with van der Waals surface area (Å²) >= 11 is 0. The Morgan fingerprint density at radius 2 is 2.14 bits per heavy atom. The van der Waals surface area contributed by atoms with E-state index in [9.17, 15) is 0 Å². The van der Waals surface area contributed by atoms with E-state index in [0.29, 0.717) is 0 Å². The number of benzene rings is 1. The van der Waals surface area contributed by atoms with Gasteiger partial charge >= 0.3 is 0 Å². The largest absolute Gasteiger partial charge is 0.388 e. The van der Waals surface area contributed by atoms with Gasteiger partial charge in [0.25, 0.3) is 0 Å². The molecular weight excluding hydrogens is 172 g/mol. The van der Waals surface area contributed by atoms with Crippen LogP contribution >= 0.6 is 0 Å². The van der Waals surface area contributed by atoms with Gasteiger partial charge in [0.1, 0.15) is 0 Å². The fourth-order valence-corrected chi connectivity index (χ4v) is 1.25. The Labute approximate surface area is 86.2 Å². The van der Waals surface area contributed by atoms with Crippen molar-refractivity contribution in [2.24, 2.45) is 0 Å². The first-order chi connectivity index (χ1) is 6.72. The lowest BCUT2D eigenvalue weighted by Gasteiger charge is -2.04. The Morgan fingerprint density at radius 1 is 1.36 bits per heavy atom. The zero-order valence-corrected chi connectivity index (χ0v) is 9.12. The smallest absolute Gasteiger partial charge is 0.0340 e. The molecule has 0 aromatic heterocycles. The molecule has 1 N–H and O–H groups in total. The first-order valence-electron chi connectivity index (χ1n) is 4.82. The van der Waals surface area contributed by atoms with Crippen molar-refractivity contribution in [2.45, 2.75) is 6.42 Å². The van der Waals surface area contributed by atoms with Gasteiger partial charge in [0.05, 0.1) is 0 Å². The monoisotopic (exact) mass is 190 g/mol. The molecule has 0 aliphatic carbocycles. The molecular formula is C12H18N2. The molecule has 0 aliphatic heterocycles. The maximum absolute atomic E-state index is 3.13. The molecule has 0 atom stereocenters. The highest BCUT2D eigenvalue weighted by molar-refractivity contribution is 5.45. The SMILES string of the molecule is CNc1cccc(CC=CN(C)C)c1. The molecule has 76 valence electrons. The minimum Gasteiger partial charge on any atom is -0.388 e. The van der Waals surface area contributed by atoms with Crippen molar-refractivity contribution in [1.82, 2.24) is 4.90 Å². The van der Waals surface area contributed by atoms with E-state index in [1.54, 1.807) is 0 Å². The Hall–Kier alpha value is -1.44. The van der Waals surface area contributed by atoms with Crippen LogP contribution in [0, 0.1) is 0 Å². The van der Waals surface area contributed by atoms with Gasteiger partial charge in [-0.2, -0.15) is 0 Å². The molecule has 0 saturated carbocycles. The van der Waals surface area contributed by atoms with Crippen molar-refractivity contribution in [1.29, 1.82) is 0 Å². The van der Waals surface area contributed by atoms with Crippen LogP contribution in [0.15, 0.2) is 36.5 Å². The summed E-state index contributed by atoms with van der Waals surface area (Å²) in [7, 11) is 6.00. The van der Waals surface area contributed by atoms with E-state index in [-0.39, 0.29) is 0 Å². The molecule has 0 radical (unpaired) electrons. The highest BCUT2D eigenvalue weighted by Gasteiger charge is 1.91. The molecule has 0 aliphatic rings. The van der Waals surface area contributed by atoms with Crippen molar-refractivity contribution in [2.75, 3.05) is 26.5 Å². The van der Waals surface area contributed by atoms with Crippen LogP contribution in [0.25, 0.3) is 0 Å². The second-order valence-electron chi connectivity index (χ2n) is 3.50. The summed E-state index contributed by atoms with van der Waals surface area (Å²) in [6.45, 7) is 0. The maximum Gasteiger partial charge on any atom is 0.0340 e. The van der Waals surface area contributed by atoms with E-state index in [0.717, 1.165) is 6.42 Å². The highest BCUT2D eigenvalue weighted by Crippen LogP contribution is 2.10. The van der Waals surface area contributed by atoms with Crippen LogP contribution < -0.4 is 5.32 Å². The lowest BCUT2D eigenvalue weighted by atomic mass is 10.1. The van der Waals surface area contributed by atoms with Gasteiger partial charge in [-0.25, -0.2) is 0 Å². The average molecular weight is 190 g/mol. The predicted octanol–water partition coefficient (Wildman–Crippen LogP) is 2.35. The number of allylic oxidation sites excluding steroid dienone is 1. The van der Waals surface area contributed by atoms with Gasteiger partial charge in [-0.3, -0.25) is 0 Å². The number of nitrogens with zero attached hydrogens (tertiary/aromatic N) is 1. The summed E-state index contributed by atoms with van der Waals surface area (Å²) in [5.74, 6) is 0. The van der Waals surface area contributed by atoms with E-state index >= 15 is 0 Å². The zero-order valence-electron chi connectivity index (χ0n) is 9.12. The first kappa shape index (κ1) is 10.6. The van der Waals surface area contributed by atoms with Gasteiger partial charge in [-0.05, 0) is 30.3 Å². The Morgan fingerprint density at radius 3 is 2.79 bits per heavy atom. The topological polar surface area (TPSA) is 15.3 Å². The molecule has 0 fully saturated rings. The molecule has 1 aromatic rings. The van der Waals surface area contributed by atoms with Gasteiger partial charge in [-0.15, -0.1) is 0 Å². The number of anilines is 1. The molecule has 0 heterocycles. The van der Waals surface area contributed by atoms with E-state index in [1.807, 2.05) is 26.0 Å². The summed E-state index contributed by atoms with van der Waals surface area (Å²) < 4.78 is 0. The molecule has 1 aromatic carbocycles. The summed E-state index contributed by atoms with van der Waals surface area (Å²) in [6, 6.07) is 8.45. The van der Waals surface area contributed by atoms with Gasteiger partial charge in [0.15, 0.2) is 0 Å². The van der Waals surface area contributed by atoms with Crippen LogP contribution in [-0.4, -0.2) is 26.0 Å². The predicted molar refractivity (Wildman–Crippen MR) is 62.5 cm³/mol. The summed E-state index contributed by atoms with van der Waals surface area (Å²) in [5, 5.41) is 3.13. The van der Waals surface area contributed by atoms with Gasteiger partial charge in [0, 0.05) is 26.8 Å². The standard InChI is InChI=1S/C12H18N2/c1-13-12-8-4-6-11(10-12)7-5-9-14(2)3/h4-6,8-10,13H,7H2,1-3H3. The van der Waals surface area contributed by atoms with Crippen LogP contribution in [0.2, 0.25) is 0 Å².